The van der Waals surface area contributed by atoms with Gasteiger partial charge in [-0.25, -0.2) is 4.79 Å². The minimum absolute atomic E-state index is 0.392. The maximum Gasteiger partial charge on any atom is 0.338 e. The minimum Gasteiger partial charge on any atom is -0.465 e. The minimum atomic E-state index is -0.438. The highest BCUT2D eigenvalue weighted by Gasteiger charge is 2.11. The Bertz CT molecular complexity index is 694. The van der Waals surface area contributed by atoms with Gasteiger partial charge in [-0.05, 0) is 36.4 Å². The first-order valence-corrected chi connectivity index (χ1v) is 7.08. The maximum absolute atomic E-state index is 11.8. The van der Waals surface area contributed by atoms with Crippen LogP contribution in [-0.4, -0.2) is 33.4 Å². The molecule has 0 saturated heterocycles. The van der Waals surface area contributed by atoms with Gasteiger partial charge in [0.15, 0.2) is 0 Å². The molecule has 0 spiro atoms. The molecular formula is C17H17ClN2O2. The summed E-state index contributed by atoms with van der Waals surface area (Å²) in [5.41, 5.74) is 2.95. The fourth-order valence-corrected chi connectivity index (χ4v) is 2.08. The third-order valence-corrected chi connectivity index (χ3v) is 3.37. The number of carbonyl (C=O) groups excluding carboxylic acids is 1. The van der Waals surface area contributed by atoms with Crippen LogP contribution in [0.1, 0.15) is 15.9 Å². The van der Waals surface area contributed by atoms with Gasteiger partial charge < -0.3 is 9.64 Å². The van der Waals surface area contributed by atoms with Crippen LogP contribution in [0.4, 0.5) is 11.4 Å². The predicted molar refractivity (Wildman–Crippen MR) is 90.8 cm³/mol. The lowest BCUT2D eigenvalue weighted by Gasteiger charge is -2.11. The van der Waals surface area contributed by atoms with E-state index in [0.29, 0.717) is 16.1 Å². The Hall–Kier alpha value is -2.33. The molecule has 22 heavy (non-hydrogen) atoms. The van der Waals surface area contributed by atoms with Crippen molar-refractivity contribution >= 4 is 35.2 Å². The van der Waals surface area contributed by atoms with Crippen molar-refractivity contribution in [1.29, 1.82) is 0 Å². The zero-order valence-corrected chi connectivity index (χ0v) is 13.5. The normalized spacial score (nSPS) is 10.7. The van der Waals surface area contributed by atoms with E-state index < -0.39 is 5.97 Å². The number of esters is 1. The second-order valence-electron chi connectivity index (χ2n) is 4.89. The van der Waals surface area contributed by atoms with Gasteiger partial charge in [-0.15, -0.1) is 0 Å². The van der Waals surface area contributed by atoms with Crippen LogP contribution in [0.5, 0.6) is 0 Å². The zero-order chi connectivity index (χ0) is 16.1. The number of ether oxygens (including phenoxy) is 1. The number of aliphatic imine (C=N–C) groups is 1. The molecule has 0 bridgehead atoms. The number of methoxy groups -OCH3 is 1. The van der Waals surface area contributed by atoms with Crippen LogP contribution in [0.15, 0.2) is 47.5 Å². The first-order chi connectivity index (χ1) is 10.5. The summed E-state index contributed by atoms with van der Waals surface area (Å²) in [6, 6.07) is 12.8. The fraction of sp³-hybridized carbons (Fsp3) is 0.176. The molecule has 0 heterocycles. The first-order valence-electron chi connectivity index (χ1n) is 6.70. The van der Waals surface area contributed by atoms with Crippen LogP contribution < -0.4 is 4.90 Å². The lowest BCUT2D eigenvalue weighted by atomic mass is 10.1. The van der Waals surface area contributed by atoms with E-state index in [-0.39, 0.29) is 0 Å². The quantitative estimate of drug-likeness (QED) is 0.633. The molecule has 0 atom stereocenters. The Morgan fingerprint density at radius 2 is 1.86 bits per heavy atom. The van der Waals surface area contributed by atoms with E-state index in [1.165, 1.54) is 7.11 Å². The summed E-state index contributed by atoms with van der Waals surface area (Å²) >= 11 is 5.93. The predicted octanol–water partition coefficient (Wildman–Crippen LogP) is 3.94. The lowest BCUT2D eigenvalue weighted by Crippen LogP contribution is -2.07. The summed E-state index contributed by atoms with van der Waals surface area (Å²) in [5.74, 6) is -0.438. The summed E-state index contributed by atoms with van der Waals surface area (Å²) < 4.78 is 4.76. The Morgan fingerprint density at radius 1 is 1.18 bits per heavy atom. The molecule has 0 N–H and O–H groups in total. The Labute approximate surface area is 135 Å². The van der Waals surface area contributed by atoms with Crippen LogP contribution in [0.3, 0.4) is 0 Å². The van der Waals surface area contributed by atoms with E-state index in [1.54, 1.807) is 24.4 Å². The molecule has 0 saturated carbocycles. The van der Waals surface area contributed by atoms with E-state index >= 15 is 0 Å². The second-order valence-corrected chi connectivity index (χ2v) is 5.33. The van der Waals surface area contributed by atoms with E-state index in [2.05, 4.69) is 4.99 Å². The van der Waals surface area contributed by atoms with Crippen molar-refractivity contribution in [3.05, 3.63) is 58.6 Å². The van der Waals surface area contributed by atoms with Gasteiger partial charge in [0.25, 0.3) is 0 Å². The van der Waals surface area contributed by atoms with Crippen LogP contribution in [-0.2, 0) is 4.74 Å². The Morgan fingerprint density at radius 3 is 2.45 bits per heavy atom. The molecule has 2 rings (SSSR count). The van der Waals surface area contributed by atoms with E-state index in [4.69, 9.17) is 16.3 Å². The van der Waals surface area contributed by atoms with E-state index in [9.17, 15) is 4.79 Å². The molecule has 5 heteroatoms. The maximum atomic E-state index is 11.8. The third kappa shape index (κ3) is 3.86. The number of nitrogens with zero attached hydrogens (tertiary/aromatic N) is 2. The molecule has 0 aliphatic carbocycles. The first kappa shape index (κ1) is 16.0. The molecule has 0 amide bonds. The van der Waals surface area contributed by atoms with Gasteiger partial charge in [0.2, 0.25) is 0 Å². The molecule has 0 fully saturated rings. The summed E-state index contributed by atoms with van der Waals surface area (Å²) in [6.07, 6.45) is 1.63. The van der Waals surface area contributed by atoms with Crippen molar-refractivity contribution < 1.29 is 9.53 Å². The van der Waals surface area contributed by atoms with Crippen molar-refractivity contribution in [1.82, 2.24) is 0 Å². The van der Waals surface area contributed by atoms with Crippen LogP contribution in [0, 0.1) is 0 Å². The summed E-state index contributed by atoms with van der Waals surface area (Å²) in [4.78, 5) is 18.2. The lowest BCUT2D eigenvalue weighted by molar-refractivity contribution is 0.0600. The standard InChI is InChI=1S/C17H17ClN2O2/c1-20(2)15-8-6-14(7-9-15)19-11-12-4-5-13(18)10-16(12)17(21)22-3/h4-11H,1-3H3. The number of halogens is 1. The van der Waals surface area contributed by atoms with Gasteiger partial charge in [-0.2, -0.15) is 0 Å². The average molecular weight is 317 g/mol. The highest BCUT2D eigenvalue weighted by molar-refractivity contribution is 6.31. The zero-order valence-electron chi connectivity index (χ0n) is 12.7. The average Bonchev–Trinajstić information content (AvgIpc) is 2.53. The Kier molecular flexibility index (Phi) is 5.17. The molecule has 4 nitrogen and oxygen atoms in total. The summed E-state index contributed by atoms with van der Waals surface area (Å²) in [7, 11) is 5.30. The molecule has 0 aliphatic heterocycles. The van der Waals surface area contributed by atoms with Gasteiger partial charge in [-0.1, -0.05) is 17.7 Å². The largest absolute Gasteiger partial charge is 0.465 e. The van der Waals surface area contributed by atoms with Gasteiger partial charge in [0.05, 0.1) is 18.4 Å². The van der Waals surface area contributed by atoms with Gasteiger partial charge >= 0.3 is 5.97 Å². The third-order valence-electron chi connectivity index (χ3n) is 3.14. The van der Waals surface area contributed by atoms with Crippen LogP contribution in [0.25, 0.3) is 0 Å². The van der Waals surface area contributed by atoms with E-state index in [0.717, 1.165) is 11.4 Å². The molecule has 2 aromatic carbocycles. The van der Waals surface area contributed by atoms with Crippen molar-refractivity contribution in [3.63, 3.8) is 0 Å². The number of benzene rings is 2. The highest BCUT2D eigenvalue weighted by Crippen LogP contribution is 2.20. The van der Waals surface area contributed by atoms with Crippen molar-refractivity contribution in [3.8, 4) is 0 Å². The number of hydrogen-bond donors (Lipinski definition) is 0. The fourth-order valence-electron chi connectivity index (χ4n) is 1.91. The molecule has 2 aromatic rings. The van der Waals surface area contributed by atoms with Gasteiger partial charge in [0.1, 0.15) is 0 Å². The van der Waals surface area contributed by atoms with Crippen molar-refractivity contribution in [2.24, 2.45) is 4.99 Å². The number of carbonyl (C=O) groups is 1. The molecule has 114 valence electrons. The second kappa shape index (κ2) is 7.09. The highest BCUT2D eigenvalue weighted by atomic mass is 35.5. The topological polar surface area (TPSA) is 41.9 Å². The molecule has 0 radical (unpaired) electrons. The molecule has 0 aromatic heterocycles. The summed E-state index contributed by atoms with van der Waals surface area (Å²) in [5, 5.41) is 0.480. The smallest absolute Gasteiger partial charge is 0.338 e. The summed E-state index contributed by atoms with van der Waals surface area (Å²) in [6.45, 7) is 0. The SMILES string of the molecule is COC(=O)c1cc(Cl)ccc1C=Nc1ccc(N(C)C)cc1. The van der Waals surface area contributed by atoms with Gasteiger partial charge in [0, 0.05) is 36.6 Å². The molecule has 0 unspecified atom stereocenters. The molecule has 0 aliphatic rings. The monoisotopic (exact) mass is 316 g/mol. The van der Waals surface area contributed by atoms with Crippen molar-refractivity contribution in [2.75, 3.05) is 26.1 Å². The number of rotatable bonds is 4. The van der Waals surface area contributed by atoms with Gasteiger partial charge in [-0.3, -0.25) is 4.99 Å². The number of hydrogen-bond acceptors (Lipinski definition) is 4. The number of anilines is 1. The van der Waals surface area contributed by atoms with Crippen molar-refractivity contribution in [2.45, 2.75) is 0 Å². The van der Waals surface area contributed by atoms with Crippen LogP contribution in [0.2, 0.25) is 5.02 Å². The van der Waals surface area contributed by atoms with Crippen LogP contribution >= 0.6 is 11.6 Å². The Balaban J connectivity index is 2.28. The van der Waals surface area contributed by atoms with E-state index in [1.807, 2.05) is 43.3 Å². The molecular weight excluding hydrogens is 300 g/mol.